The first-order valence-electron chi connectivity index (χ1n) is 6.27. The molecular formula is C16H15NO3. The van der Waals surface area contributed by atoms with Crippen LogP contribution < -0.4 is 5.32 Å². The summed E-state index contributed by atoms with van der Waals surface area (Å²) >= 11 is 0. The topological polar surface area (TPSA) is 66.4 Å². The molecule has 0 aliphatic rings. The summed E-state index contributed by atoms with van der Waals surface area (Å²) in [5.74, 6) is -1.04. The average molecular weight is 269 g/mol. The molecule has 20 heavy (non-hydrogen) atoms. The minimum Gasteiger partial charge on any atom is -0.480 e. The molecule has 0 heterocycles. The van der Waals surface area contributed by atoms with Gasteiger partial charge in [-0.3, -0.25) is 4.79 Å². The largest absolute Gasteiger partial charge is 0.480 e. The number of amides is 1. The maximum atomic E-state index is 11.0. The molecule has 0 aliphatic heterocycles. The summed E-state index contributed by atoms with van der Waals surface area (Å²) in [7, 11) is 0. The van der Waals surface area contributed by atoms with Crippen LogP contribution >= 0.6 is 0 Å². The third kappa shape index (κ3) is 3.45. The van der Waals surface area contributed by atoms with Gasteiger partial charge in [0.1, 0.15) is 6.04 Å². The van der Waals surface area contributed by atoms with Gasteiger partial charge in [-0.05, 0) is 16.7 Å². The zero-order chi connectivity index (χ0) is 14.4. The highest BCUT2D eigenvalue weighted by molar-refractivity contribution is 5.76. The SMILES string of the molecule is O=CN[C@@H](Cc1ccc(-c2ccccc2)cc1)C(=O)O. The molecule has 0 unspecified atom stereocenters. The van der Waals surface area contributed by atoms with Gasteiger partial charge in [-0.15, -0.1) is 0 Å². The molecule has 102 valence electrons. The molecule has 0 aliphatic carbocycles. The highest BCUT2D eigenvalue weighted by Gasteiger charge is 2.16. The van der Waals surface area contributed by atoms with Crippen molar-refractivity contribution in [2.24, 2.45) is 0 Å². The van der Waals surface area contributed by atoms with E-state index in [0.717, 1.165) is 16.7 Å². The normalized spacial score (nSPS) is 11.6. The Morgan fingerprint density at radius 2 is 1.65 bits per heavy atom. The molecule has 0 spiro atoms. The molecule has 1 atom stereocenters. The van der Waals surface area contributed by atoms with Crippen molar-refractivity contribution in [3.05, 3.63) is 60.2 Å². The van der Waals surface area contributed by atoms with Crippen LogP contribution in [0.15, 0.2) is 54.6 Å². The molecule has 0 fully saturated rings. The van der Waals surface area contributed by atoms with E-state index < -0.39 is 12.0 Å². The van der Waals surface area contributed by atoms with Crippen LogP contribution in [0.3, 0.4) is 0 Å². The van der Waals surface area contributed by atoms with Crippen LogP contribution in [0.4, 0.5) is 0 Å². The van der Waals surface area contributed by atoms with Gasteiger partial charge in [0.2, 0.25) is 6.41 Å². The fraction of sp³-hybridized carbons (Fsp3) is 0.125. The van der Waals surface area contributed by atoms with E-state index >= 15 is 0 Å². The predicted molar refractivity (Wildman–Crippen MR) is 76.2 cm³/mol. The fourth-order valence-corrected chi connectivity index (χ4v) is 2.00. The van der Waals surface area contributed by atoms with E-state index in [1.807, 2.05) is 54.6 Å². The molecule has 0 aromatic heterocycles. The Kier molecular flexibility index (Phi) is 4.50. The van der Waals surface area contributed by atoms with Crippen molar-refractivity contribution in [3.63, 3.8) is 0 Å². The number of carboxylic acid groups (broad SMARTS) is 1. The first-order valence-corrected chi connectivity index (χ1v) is 6.27. The van der Waals surface area contributed by atoms with Gasteiger partial charge in [0.25, 0.3) is 0 Å². The van der Waals surface area contributed by atoms with E-state index in [0.29, 0.717) is 6.41 Å². The molecule has 0 saturated carbocycles. The van der Waals surface area contributed by atoms with Crippen LogP contribution in [0.5, 0.6) is 0 Å². The Morgan fingerprint density at radius 3 is 2.20 bits per heavy atom. The Balaban J connectivity index is 2.12. The molecule has 2 rings (SSSR count). The number of carboxylic acids is 1. The first kappa shape index (κ1) is 13.8. The van der Waals surface area contributed by atoms with Gasteiger partial charge in [-0.25, -0.2) is 4.79 Å². The highest BCUT2D eigenvalue weighted by Crippen LogP contribution is 2.19. The molecule has 0 saturated heterocycles. The summed E-state index contributed by atoms with van der Waals surface area (Å²) < 4.78 is 0. The van der Waals surface area contributed by atoms with Crippen LogP contribution in [0, 0.1) is 0 Å². The summed E-state index contributed by atoms with van der Waals surface area (Å²) in [6.45, 7) is 0. The van der Waals surface area contributed by atoms with Crippen LogP contribution in [-0.4, -0.2) is 23.5 Å². The lowest BCUT2D eigenvalue weighted by molar-refractivity contribution is -0.140. The van der Waals surface area contributed by atoms with Crippen LogP contribution in [-0.2, 0) is 16.0 Å². The second kappa shape index (κ2) is 6.52. The van der Waals surface area contributed by atoms with E-state index in [9.17, 15) is 9.59 Å². The maximum absolute atomic E-state index is 11.0. The number of hydrogen-bond acceptors (Lipinski definition) is 2. The lowest BCUT2D eigenvalue weighted by Gasteiger charge is -2.11. The van der Waals surface area contributed by atoms with Crippen molar-refractivity contribution >= 4 is 12.4 Å². The summed E-state index contributed by atoms with van der Waals surface area (Å²) in [6, 6.07) is 16.7. The van der Waals surface area contributed by atoms with Gasteiger partial charge < -0.3 is 10.4 Å². The van der Waals surface area contributed by atoms with Crippen molar-refractivity contribution in [2.75, 3.05) is 0 Å². The number of carbonyl (C=O) groups excluding carboxylic acids is 1. The minimum absolute atomic E-state index is 0.267. The zero-order valence-electron chi connectivity index (χ0n) is 10.8. The molecule has 4 heteroatoms. The van der Waals surface area contributed by atoms with Crippen molar-refractivity contribution < 1.29 is 14.7 Å². The third-order valence-corrected chi connectivity index (χ3v) is 3.07. The monoisotopic (exact) mass is 269 g/mol. The first-order chi connectivity index (χ1) is 9.70. The van der Waals surface area contributed by atoms with E-state index in [1.165, 1.54) is 0 Å². The summed E-state index contributed by atoms with van der Waals surface area (Å²) in [5, 5.41) is 11.3. The standard InChI is InChI=1S/C16H15NO3/c18-11-17-15(16(19)20)10-12-6-8-14(9-7-12)13-4-2-1-3-5-13/h1-9,11,15H,10H2,(H,17,18)(H,19,20)/t15-/m0/s1. The lowest BCUT2D eigenvalue weighted by atomic mass is 10.0. The zero-order valence-corrected chi connectivity index (χ0v) is 10.8. The Morgan fingerprint density at radius 1 is 1.05 bits per heavy atom. The van der Waals surface area contributed by atoms with Crippen molar-refractivity contribution in [1.29, 1.82) is 0 Å². The number of carbonyl (C=O) groups is 2. The van der Waals surface area contributed by atoms with E-state index in [2.05, 4.69) is 5.32 Å². The molecule has 0 radical (unpaired) electrons. The predicted octanol–water partition coefficient (Wildman–Crippen LogP) is 2.10. The van der Waals surface area contributed by atoms with E-state index in [1.54, 1.807) is 0 Å². The fourth-order valence-electron chi connectivity index (χ4n) is 2.00. The summed E-state index contributed by atoms with van der Waals surface area (Å²) in [5.41, 5.74) is 3.05. The van der Waals surface area contributed by atoms with E-state index in [4.69, 9.17) is 5.11 Å². The minimum atomic E-state index is -1.04. The number of aliphatic carboxylic acids is 1. The number of benzene rings is 2. The van der Waals surface area contributed by atoms with Gasteiger partial charge in [0, 0.05) is 6.42 Å². The van der Waals surface area contributed by atoms with Crippen LogP contribution in [0.25, 0.3) is 11.1 Å². The Bertz CT molecular complexity index is 578. The second-order valence-electron chi connectivity index (χ2n) is 4.44. The smallest absolute Gasteiger partial charge is 0.326 e. The quantitative estimate of drug-likeness (QED) is 0.789. The lowest BCUT2D eigenvalue weighted by Crippen LogP contribution is -2.37. The molecule has 2 aromatic carbocycles. The van der Waals surface area contributed by atoms with Crippen molar-refractivity contribution in [2.45, 2.75) is 12.5 Å². The molecule has 1 amide bonds. The number of nitrogens with one attached hydrogen (secondary N) is 1. The van der Waals surface area contributed by atoms with Crippen LogP contribution in [0.1, 0.15) is 5.56 Å². The van der Waals surface area contributed by atoms with Gasteiger partial charge >= 0.3 is 5.97 Å². The van der Waals surface area contributed by atoms with Gasteiger partial charge in [0.15, 0.2) is 0 Å². The molecule has 2 aromatic rings. The highest BCUT2D eigenvalue weighted by atomic mass is 16.4. The van der Waals surface area contributed by atoms with Crippen LogP contribution in [0.2, 0.25) is 0 Å². The molecular weight excluding hydrogens is 254 g/mol. The third-order valence-electron chi connectivity index (χ3n) is 3.07. The Hall–Kier alpha value is -2.62. The van der Waals surface area contributed by atoms with Crippen molar-refractivity contribution in [3.8, 4) is 11.1 Å². The van der Waals surface area contributed by atoms with Gasteiger partial charge in [-0.2, -0.15) is 0 Å². The maximum Gasteiger partial charge on any atom is 0.326 e. The molecule has 0 bridgehead atoms. The second-order valence-corrected chi connectivity index (χ2v) is 4.44. The molecule has 4 nitrogen and oxygen atoms in total. The van der Waals surface area contributed by atoms with Gasteiger partial charge in [0.05, 0.1) is 0 Å². The van der Waals surface area contributed by atoms with Gasteiger partial charge in [-0.1, -0.05) is 54.6 Å². The summed E-state index contributed by atoms with van der Waals surface area (Å²) in [4.78, 5) is 21.3. The van der Waals surface area contributed by atoms with E-state index in [-0.39, 0.29) is 6.42 Å². The average Bonchev–Trinajstić information content (AvgIpc) is 2.48. The van der Waals surface area contributed by atoms with Crippen molar-refractivity contribution in [1.82, 2.24) is 5.32 Å². The number of hydrogen-bond donors (Lipinski definition) is 2. The summed E-state index contributed by atoms with van der Waals surface area (Å²) in [6.07, 6.45) is 0.681. The Labute approximate surface area is 117 Å². The molecule has 2 N–H and O–H groups in total. The number of rotatable bonds is 6.